The van der Waals surface area contributed by atoms with Crippen LogP contribution in [-0.2, 0) is 10.0 Å². The molecule has 0 unspecified atom stereocenters. The highest BCUT2D eigenvalue weighted by Crippen LogP contribution is 2.54. The number of nitrogens with one attached hydrogen (secondary N) is 3. The topological polar surface area (TPSA) is 199 Å². The number of carbonyl (C=O) groups is 1. The fourth-order valence-electron chi connectivity index (χ4n) is 11.4. The lowest BCUT2D eigenvalue weighted by molar-refractivity contribution is -0.384. The molecule has 1 spiro atoms. The summed E-state index contributed by atoms with van der Waals surface area (Å²) in [4.78, 5) is 44.5. The Kier molecular flexibility index (Phi) is 12.5. The van der Waals surface area contributed by atoms with Gasteiger partial charge in [-0.15, -0.1) is 0 Å². The van der Waals surface area contributed by atoms with Crippen LogP contribution in [0.3, 0.4) is 0 Å². The molecule has 68 heavy (non-hydrogen) atoms. The molecule has 3 aliphatic carbocycles. The van der Waals surface area contributed by atoms with Gasteiger partial charge in [-0.1, -0.05) is 38.1 Å². The van der Waals surface area contributed by atoms with Crippen LogP contribution in [0.25, 0.3) is 11.0 Å². The zero-order valence-corrected chi connectivity index (χ0v) is 40.0. The van der Waals surface area contributed by atoms with Crippen LogP contribution >= 0.6 is 0 Å². The molecule has 1 amide bonds. The summed E-state index contributed by atoms with van der Waals surface area (Å²) in [5.74, 6) is 0.0963. The molecule has 4 N–H and O–H groups in total. The molecule has 3 saturated carbocycles. The number of amides is 1. The van der Waals surface area contributed by atoms with Crippen molar-refractivity contribution in [2.24, 2.45) is 11.3 Å². The van der Waals surface area contributed by atoms with E-state index in [1.54, 1.807) is 31.3 Å². The largest absolute Gasteiger partial charge is 0.455 e. The van der Waals surface area contributed by atoms with Crippen LogP contribution in [0.1, 0.15) is 118 Å². The van der Waals surface area contributed by atoms with Crippen LogP contribution < -0.4 is 19.7 Å². The van der Waals surface area contributed by atoms with Crippen molar-refractivity contribution in [3.8, 4) is 11.5 Å². The predicted molar refractivity (Wildman–Crippen MR) is 261 cm³/mol. The summed E-state index contributed by atoms with van der Waals surface area (Å²) < 4.78 is 36.0. The lowest BCUT2D eigenvalue weighted by Gasteiger charge is -2.58. The quantitative estimate of drug-likeness (QED) is 0.0611. The van der Waals surface area contributed by atoms with Gasteiger partial charge >= 0.3 is 5.69 Å². The summed E-state index contributed by atoms with van der Waals surface area (Å²) in [5.41, 5.74) is 3.45. The lowest BCUT2D eigenvalue weighted by Crippen LogP contribution is -2.60. The second kappa shape index (κ2) is 18.4. The zero-order valence-electron chi connectivity index (χ0n) is 39.2. The first-order chi connectivity index (χ1) is 32.6. The molecule has 0 radical (unpaired) electrons. The minimum absolute atomic E-state index is 0.0376. The number of pyridine rings is 2. The molecule has 5 fully saturated rings. The van der Waals surface area contributed by atoms with E-state index >= 15 is 0 Å². The molecule has 1 atom stereocenters. The number of nitrogens with zero attached hydrogens (tertiary/aromatic N) is 6. The fourth-order valence-corrected chi connectivity index (χ4v) is 12.3. The molecular weight excluding hydrogens is 883 g/mol. The van der Waals surface area contributed by atoms with Crippen molar-refractivity contribution < 1.29 is 28.0 Å². The molecule has 5 aromatic rings. The van der Waals surface area contributed by atoms with Gasteiger partial charge in [0.2, 0.25) is 5.82 Å². The Morgan fingerprint density at radius 3 is 2.46 bits per heavy atom. The first kappa shape index (κ1) is 46.1. The number of nitro groups is 1. The Morgan fingerprint density at radius 2 is 1.72 bits per heavy atom. The number of carbonyl (C=O) groups excluding carboxylic acids is 1. The summed E-state index contributed by atoms with van der Waals surface area (Å²) in [6.07, 6.45) is 14.1. The van der Waals surface area contributed by atoms with Gasteiger partial charge in [0.15, 0.2) is 0 Å². The van der Waals surface area contributed by atoms with Gasteiger partial charge < -0.3 is 25.0 Å². The Balaban J connectivity index is 0.836. The van der Waals surface area contributed by atoms with Crippen molar-refractivity contribution in [1.82, 2.24) is 29.5 Å². The number of sulfonamides is 1. The molecule has 2 saturated heterocycles. The predicted octanol–water partition coefficient (Wildman–Crippen LogP) is 8.52. The maximum atomic E-state index is 14.0. The third-order valence-electron chi connectivity index (χ3n) is 15.6. The molecule has 10 rings (SSSR count). The fraction of sp³-hybridized carbons (Fsp3) is 0.510. The first-order valence-corrected chi connectivity index (χ1v) is 25.9. The third kappa shape index (κ3) is 9.67. The van der Waals surface area contributed by atoms with Crippen molar-refractivity contribution in [3.05, 3.63) is 106 Å². The number of ether oxygens (including phenoxy) is 1. The van der Waals surface area contributed by atoms with Crippen LogP contribution in [0.2, 0.25) is 0 Å². The normalized spacial score (nSPS) is 23.7. The van der Waals surface area contributed by atoms with Gasteiger partial charge in [0, 0.05) is 86.8 Å². The average Bonchev–Trinajstić information content (AvgIpc) is 4.07. The van der Waals surface area contributed by atoms with E-state index in [-0.39, 0.29) is 28.5 Å². The van der Waals surface area contributed by atoms with Gasteiger partial charge in [-0.2, -0.15) is 0 Å². The minimum Gasteiger partial charge on any atom is -0.455 e. The molecule has 16 nitrogen and oxygen atoms in total. The number of H-pyrrole nitrogens is 1. The maximum Gasteiger partial charge on any atom is 0.312 e. The SMILES string of the molecule is CC(C)c1ccccc1[C@H]1CN(C2CC2)CCN1C1CC2(CCN(c3ccc(C(=O)NS(=O)(=O)c4cnc(NC[C@H]5CC[C@](C)(O)CC5)c([N+](=O)[O-])c4)c(Oc4cnc5[nH]ccc5c4)c3)CC2)C1. The highest BCUT2D eigenvalue weighted by atomic mass is 32.2. The number of piperidine rings is 1. The van der Waals surface area contributed by atoms with Gasteiger partial charge in [0.05, 0.1) is 28.5 Å². The summed E-state index contributed by atoms with van der Waals surface area (Å²) >= 11 is 0. The van der Waals surface area contributed by atoms with Crippen LogP contribution in [0, 0.1) is 21.4 Å². The molecule has 0 bridgehead atoms. The van der Waals surface area contributed by atoms with Crippen molar-refractivity contribution in [1.29, 1.82) is 0 Å². The number of hydrogen-bond acceptors (Lipinski definition) is 13. The van der Waals surface area contributed by atoms with Crippen LogP contribution in [0.4, 0.5) is 17.2 Å². The number of piperazine rings is 1. The van der Waals surface area contributed by atoms with Gasteiger partial charge in [-0.3, -0.25) is 24.7 Å². The number of anilines is 2. The maximum absolute atomic E-state index is 14.0. The standard InChI is InChI=1S/C51H63N9O7S/c1-33(2)41-6-4-5-7-42(41)45-32-58(36-8-9-36)22-23-59(45)38-27-51(28-38)17-20-57(21-18-51)37-10-11-43(46(25-37)67-39-24-35-14-19-52-47(35)54-30-39)49(61)56-68(65,66)40-26-44(60(63)64)48(55-31-40)53-29-34-12-15-50(3,62)16-13-34/h4-7,10-11,14,19,24-26,30-31,33-34,36,38,45,62H,8-9,12-13,15-18,20-23,27-29,32H2,1-3H3,(H,52,54)(H,53,55)(H,56,61)/t34-,45-,50-/m1/s1. The zero-order chi connectivity index (χ0) is 47.4. The third-order valence-corrected chi connectivity index (χ3v) is 16.9. The van der Waals surface area contributed by atoms with E-state index in [2.05, 4.69) is 77.8 Å². The number of rotatable bonds is 14. The molecule has 360 valence electrons. The van der Waals surface area contributed by atoms with E-state index in [1.807, 2.05) is 12.1 Å². The van der Waals surface area contributed by atoms with Crippen molar-refractivity contribution in [3.63, 3.8) is 0 Å². The van der Waals surface area contributed by atoms with Crippen LogP contribution in [-0.4, -0.2) is 106 Å². The number of aromatic nitrogens is 3. The van der Waals surface area contributed by atoms with Crippen LogP contribution in [0.5, 0.6) is 11.5 Å². The number of hydrogen-bond donors (Lipinski definition) is 4. The first-order valence-electron chi connectivity index (χ1n) is 24.4. The van der Waals surface area contributed by atoms with E-state index in [4.69, 9.17) is 4.74 Å². The highest BCUT2D eigenvalue weighted by Gasteiger charge is 2.51. The second-order valence-electron chi connectivity index (χ2n) is 20.7. The Hall–Kier alpha value is -5.62. The molecule has 17 heteroatoms. The average molecular weight is 946 g/mol. The Morgan fingerprint density at radius 1 is 0.956 bits per heavy atom. The highest BCUT2D eigenvalue weighted by molar-refractivity contribution is 7.90. The smallest absolute Gasteiger partial charge is 0.312 e. The van der Waals surface area contributed by atoms with Crippen molar-refractivity contribution in [2.75, 3.05) is 49.5 Å². The van der Waals surface area contributed by atoms with E-state index < -0.39 is 37.0 Å². The van der Waals surface area contributed by atoms with E-state index in [0.29, 0.717) is 48.8 Å². The monoisotopic (exact) mass is 945 g/mol. The molecule has 5 heterocycles. The number of fused-ring (bicyclic) bond motifs is 1. The van der Waals surface area contributed by atoms with E-state index in [9.17, 15) is 28.4 Å². The number of benzene rings is 2. The summed E-state index contributed by atoms with van der Waals surface area (Å²) in [6, 6.07) is 20.5. The Bertz CT molecular complexity index is 2780. The number of aromatic amines is 1. The number of aliphatic hydroxyl groups is 1. The van der Waals surface area contributed by atoms with E-state index in [0.717, 1.165) is 87.8 Å². The Labute approximate surface area is 398 Å². The molecule has 5 aliphatic rings. The van der Waals surface area contributed by atoms with Gasteiger partial charge in [0.25, 0.3) is 15.9 Å². The van der Waals surface area contributed by atoms with Gasteiger partial charge in [-0.05, 0) is 124 Å². The molecular formula is C51H63N9O7S. The lowest BCUT2D eigenvalue weighted by atomic mass is 9.59. The summed E-state index contributed by atoms with van der Waals surface area (Å²) in [6.45, 7) is 11.8. The van der Waals surface area contributed by atoms with Crippen LogP contribution in [0.15, 0.2) is 84.1 Å². The van der Waals surface area contributed by atoms with Gasteiger partial charge in [-0.25, -0.2) is 23.1 Å². The minimum atomic E-state index is -4.63. The summed E-state index contributed by atoms with van der Waals surface area (Å²) in [5, 5.41) is 26.3. The molecule has 2 aromatic carbocycles. The second-order valence-corrected chi connectivity index (χ2v) is 22.4. The van der Waals surface area contributed by atoms with Crippen molar-refractivity contribution >= 4 is 44.2 Å². The van der Waals surface area contributed by atoms with Gasteiger partial charge in [0.1, 0.15) is 22.0 Å². The molecule has 3 aromatic heterocycles. The summed E-state index contributed by atoms with van der Waals surface area (Å²) in [7, 11) is -4.63. The molecule has 2 aliphatic heterocycles. The van der Waals surface area contributed by atoms with E-state index in [1.165, 1.54) is 43.0 Å². The van der Waals surface area contributed by atoms with Crippen molar-refractivity contribution in [2.45, 2.75) is 120 Å².